The van der Waals surface area contributed by atoms with Gasteiger partial charge in [-0.3, -0.25) is 0 Å². The van der Waals surface area contributed by atoms with Crippen molar-refractivity contribution in [1.29, 1.82) is 0 Å². The van der Waals surface area contributed by atoms with Crippen molar-refractivity contribution >= 4 is 21.8 Å². The van der Waals surface area contributed by atoms with Crippen LogP contribution in [0.1, 0.15) is 487 Å². The maximum Gasteiger partial charge on any atom is 0.207 e. The Morgan fingerprint density at radius 3 is 0.485 bits per heavy atom. The lowest BCUT2D eigenvalue weighted by Gasteiger charge is -2.40. The van der Waals surface area contributed by atoms with E-state index in [1.807, 2.05) is 0 Å². The first kappa shape index (κ1) is 100. The fourth-order valence-electron chi connectivity index (χ4n) is 15.8. The van der Waals surface area contributed by atoms with Crippen LogP contribution in [-0.4, -0.2) is 81.7 Å². The Hall–Kier alpha value is -2.75. The fraction of sp³-hybridized carbons (Fsp3) is 0.851. The van der Waals surface area contributed by atoms with Crippen molar-refractivity contribution in [3.05, 3.63) is 59.7 Å². The molecule has 0 aliphatic heterocycles. The lowest BCUT2D eigenvalue weighted by Crippen LogP contribution is -2.50. The van der Waals surface area contributed by atoms with E-state index in [0.29, 0.717) is 0 Å². The normalized spacial score (nSPS) is 11.8. The number of hydrogen-bond acceptors (Lipinski definition) is 6. The van der Waals surface area contributed by atoms with E-state index in [1.165, 1.54) is 497 Å². The van der Waals surface area contributed by atoms with E-state index >= 15 is 0 Å². The molecule has 0 bridgehead atoms. The van der Waals surface area contributed by atoms with E-state index in [2.05, 4.69) is 55.4 Å². The molecule has 0 N–H and O–H groups in total. The molecule has 0 saturated heterocycles. The minimum atomic E-state index is -4.33. The summed E-state index contributed by atoms with van der Waals surface area (Å²) in [6, 6.07) is 9.65. The largest absolute Gasteiger partial charge is 0.545 e. The summed E-state index contributed by atoms with van der Waals surface area (Å²) in [4.78, 5) is 21.0. The standard InChI is InChI=1S/2C40H84N.C14H10O6S/c2*1-5-9-13-17-21-25-29-33-37-41(38-34-30-26-22-18-14-10-6-2,39-35-31-27-23-19-15-11-7-3)40-36-32-28-24-20-16-12-8-4;15-13(16)9-5-1-3-7-11(9)21(19,20)12-8-4-2-6-10(12)14(17)18/h2*5-40H2,1-4H3;1-8H,(H,15,16)(H,17,18)/q2*+1;/p-2. The maximum absolute atomic E-state index is 12.5. The van der Waals surface area contributed by atoms with Gasteiger partial charge in [-0.25, -0.2) is 8.42 Å². The SMILES string of the molecule is CCCCCCCCCC[N+](CCCCCCCCCC)(CCCCCCCCCC)CCCCCCCCCC.CCCCCCCCCC[N+](CCCCCCCCCC)(CCCCCCCCCC)CCCCCCCCCC.O=C([O-])c1ccccc1S(=O)(=O)c1ccccc1C(=O)[O-]. The highest BCUT2D eigenvalue weighted by atomic mass is 32.2. The van der Waals surface area contributed by atoms with Crippen LogP contribution in [0.4, 0.5) is 0 Å². The van der Waals surface area contributed by atoms with Gasteiger partial charge in [0.25, 0.3) is 0 Å². The van der Waals surface area contributed by atoms with Crippen LogP contribution >= 0.6 is 0 Å². The summed E-state index contributed by atoms with van der Waals surface area (Å²) < 4.78 is 28.0. The number of nitrogens with zero attached hydrogens (tertiary/aromatic N) is 2. The molecule has 0 spiro atoms. The summed E-state index contributed by atoms with van der Waals surface area (Å²) in [5.74, 6) is -3.33. The van der Waals surface area contributed by atoms with Crippen LogP contribution < -0.4 is 10.2 Å². The van der Waals surface area contributed by atoms with E-state index in [1.54, 1.807) is 0 Å². The van der Waals surface area contributed by atoms with Gasteiger partial charge in [-0.2, -0.15) is 0 Å². The second-order valence-electron chi connectivity index (χ2n) is 32.3. The quantitative estimate of drug-likeness (QED) is 0.0481. The zero-order chi connectivity index (χ0) is 75.5. The molecule has 0 aromatic heterocycles. The number of unbranched alkanes of at least 4 members (excludes halogenated alkanes) is 56. The highest BCUT2D eigenvalue weighted by molar-refractivity contribution is 7.91. The minimum absolute atomic E-state index is 0.529. The number of hydrogen-bond donors (Lipinski definition) is 0. The Labute approximate surface area is 643 Å². The molecule has 0 atom stereocenters. The first-order valence-electron chi connectivity index (χ1n) is 45.9. The van der Waals surface area contributed by atoms with Gasteiger partial charge in [-0.15, -0.1) is 0 Å². The van der Waals surface area contributed by atoms with E-state index < -0.39 is 42.7 Å². The van der Waals surface area contributed by atoms with E-state index in [-0.39, 0.29) is 0 Å². The summed E-state index contributed by atoms with van der Waals surface area (Å²) >= 11 is 0. The number of carbonyl (C=O) groups excluding carboxylic acids is 2. The van der Waals surface area contributed by atoms with Gasteiger partial charge in [0.2, 0.25) is 9.84 Å². The van der Waals surface area contributed by atoms with Crippen LogP contribution in [0.25, 0.3) is 0 Å². The first-order valence-corrected chi connectivity index (χ1v) is 47.4. The van der Waals surface area contributed by atoms with E-state index in [9.17, 15) is 28.2 Å². The summed E-state index contributed by atoms with van der Waals surface area (Å²) in [5.41, 5.74) is -1.07. The summed E-state index contributed by atoms with van der Waals surface area (Å²) in [6.45, 7) is 30.6. The molecule has 0 aliphatic carbocycles. The molecule has 0 amide bonds. The van der Waals surface area contributed by atoms with Crippen LogP contribution in [0.3, 0.4) is 0 Å². The van der Waals surface area contributed by atoms with Crippen molar-refractivity contribution in [2.75, 3.05) is 52.4 Å². The van der Waals surface area contributed by atoms with Crippen LogP contribution in [-0.2, 0) is 9.84 Å². The Kier molecular flexibility index (Phi) is 72.7. The molecule has 0 heterocycles. The monoisotopic (exact) mass is 1460 g/mol. The van der Waals surface area contributed by atoms with Crippen molar-refractivity contribution < 1.29 is 37.2 Å². The van der Waals surface area contributed by atoms with Crippen molar-refractivity contribution in [3.63, 3.8) is 0 Å². The van der Waals surface area contributed by atoms with Crippen molar-refractivity contribution in [2.24, 2.45) is 0 Å². The molecule has 103 heavy (non-hydrogen) atoms. The Morgan fingerprint density at radius 1 is 0.223 bits per heavy atom. The number of quaternary nitrogens is 2. The molecule has 0 fully saturated rings. The molecule has 0 radical (unpaired) electrons. The van der Waals surface area contributed by atoms with Crippen LogP contribution in [0, 0.1) is 0 Å². The smallest absolute Gasteiger partial charge is 0.207 e. The number of carboxylic acid groups (broad SMARTS) is 2. The number of carbonyl (C=O) groups is 2. The predicted octanol–water partition coefficient (Wildman–Crippen LogP) is 28.0. The Morgan fingerprint density at radius 2 is 0.350 bits per heavy atom. The summed E-state index contributed by atoms with van der Waals surface area (Å²) in [7, 11) is -4.33. The average Bonchev–Trinajstić information content (AvgIpc) is 0.775. The zero-order valence-electron chi connectivity index (χ0n) is 70.3. The molecule has 0 aliphatic rings. The second kappa shape index (κ2) is 74.7. The highest BCUT2D eigenvalue weighted by Crippen LogP contribution is 2.28. The van der Waals surface area contributed by atoms with Gasteiger partial charge in [0.1, 0.15) is 0 Å². The molecule has 9 heteroatoms. The average molecular weight is 1460 g/mol. The number of sulfone groups is 1. The topological polar surface area (TPSA) is 114 Å². The van der Waals surface area contributed by atoms with Gasteiger partial charge in [-0.1, -0.05) is 400 Å². The third-order valence-corrected chi connectivity index (χ3v) is 24.6. The van der Waals surface area contributed by atoms with Crippen LogP contribution in [0.5, 0.6) is 0 Å². The van der Waals surface area contributed by atoms with Gasteiger partial charge in [0.05, 0.1) is 74.1 Å². The van der Waals surface area contributed by atoms with Gasteiger partial charge in [0, 0.05) is 11.1 Å². The number of aromatic carboxylic acids is 2. The van der Waals surface area contributed by atoms with Gasteiger partial charge >= 0.3 is 0 Å². The lowest BCUT2D eigenvalue weighted by atomic mass is 10.0. The molecule has 8 nitrogen and oxygen atoms in total. The zero-order valence-corrected chi connectivity index (χ0v) is 71.1. The van der Waals surface area contributed by atoms with Gasteiger partial charge in [-0.05, 0) is 115 Å². The summed E-state index contributed by atoms with van der Waals surface area (Å²) in [5, 5.41) is 22.0. The van der Waals surface area contributed by atoms with Crippen molar-refractivity contribution in [3.8, 4) is 0 Å². The lowest BCUT2D eigenvalue weighted by molar-refractivity contribution is -0.929. The molecule has 0 saturated carbocycles. The van der Waals surface area contributed by atoms with E-state index in [0.717, 1.165) is 24.3 Å². The Bertz CT molecular complexity index is 1910. The van der Waals surface area contributed by atoms with Crippen molar-refractivity contribution in [1.82, 2.24) is 0 Å². The predicted molar refractivity (Wildman–Crippen MR) is 447 cm³/mol. The molecule has 2 aromatic carbocycles. The fourth-order valence-corrected chi connectivity index (χ4v) is 17.5. The molecule has 2 rings (SSSR count). The third kappa shape index (κ3) is 58.0. The van der Waals surface area contributed by atoms with E-state index in [4.69, 9.17) is 0 Å². The molecular weight excluding hydrogens is 1290 g/mol. The highest BCUT2D eigenvalue weighted by Gasteiger charge is 2.28. The second-order valence-corrected chi connectivity index (χ2v) is 34.2. The van der Waals surface area contributed by atoms with Crippen LogP contribution in [0.15, 0.2) is 58.3 Å². The Balaban J connectivity index is 0.00000159. The molecular formula is C94H176N2O6S. The first-order chi connectivity index (χ1) is 50.3. The number of benzene rings is 2. The molecule has 0 unspecified atom stereocenters. The molecule has 604 valence electrons. The maximum atomic E-state index is 12.5. The van der Waals surface area contributed by atoms with Gasteiger partial charge in [0.15, 0.2) is 0 Å². The van der Waals surface area contributed by atoms with Crippen LogP contribution in [0.2, 0.25) is 0 Å². The molecule has 2 aromatic rings. The third-order valence-electron chi connectivity index (χ3n) is 22.7. The number of rotatable bonds is 76. The summed E-state index contributed by atoms with van der Waals surface area (Å²) in [6.07, 6.45) is 93.5. The van der Waals surface area contributed by atoms with Crippen molar-refractivity contribution in [2.45, 2.75) is 476 Å². The number of carboxylic acids is 2. The van der Waals surface area contributed by atoms with Gasteiger partial charge < -0.3 is 28.8 Å². The minimum Gasteiger partial charge on any atom is -0.545 e.